The van der Waals surface area contributed by atoms with Crippen LogP contribution in [0.25, 0.3) is 0 Å². The average Bonchev–Trinajstić information content (AvgIpc) is 2.03. The second kappa shape index (κ2) is 3.38. The third-order valence-electron chi connectivity index (χ3n) is 1.07. The fourth-order valence-electron chi connectivity index (χ4n) is 0.579. The van der Waals surface area contributed by atoms with Crippen molar-refractivity contribution < 1.29 is 21.9 Å². The van der Waals surface area contributed by atoms with Crippen molar-refractivity contribution >= 4 is 11.1 Å². The zero-order valence-electron chi connectivity index (χ0n) is 5.91. The summed E-state index contributed by atoms with van der Waals surface area (Å²) in [5.41, 5.74) is -1.28. The smallest absolute Gasteiger partial charge is 0.433 e. The Balaban J connectivity index is 3.13. The number of aromatic nitrogens is 2. The Morgan fingerprint density at radius 2 is 2.08 bits per heavy atom. The summed E-state index contributed by atoms with van der Waals surface area (Å²) in [6.45, 7) is 0. The lowest BCUT2D eigenvalue weighted by molar-refractivity contribution is -0.141. The molecule has 0 saturated heterocycles. The third kappa shape index (κ3) is 2.46. The minimum absolute atomic E-state index is 0.594. The van der Waals surface area contributed by atoms with E-state index in [9.17, 15) is 21.9 Å². The molecule has 1 aromatic heterocycles. The first-order valence-corrected chi connectivity index (χ1v) is 3.98. The van der Waals surface area contributed by atoms with Gasteiger partial charge < -0.3 is 4.55 Å². The number of hydrogen-bond donors (Lipinski definition) is 0. The summed E-state index contributed by atoms with van der Waals surface area (Å²) in [4.78, 5) is 5.92. The van der Waals surface area contributed by atoms with E-state index in [1.54, 1.807) is 0 Å². The summed E-state index contributed by atoms with van der Waals surface area (Å²) >= 11 is -2.85. The lowest BCUT2D eigenvalue weighted by Gasteiger charge is -2.07. The van der Waals surface area contributed by atoms with Gasteiger partial charge in [0.2, 0.25) is 5.16 Å². The third-order valence-corrected chi connectivity index (χ3v) is 1.57. The van der Waals surface area contributed by atoms with Crippen LogP contribution in [0.15, 0.2) is 17.4 Å². The van der Waals surface area contributed by atoms with Crippen molar-refractivity contribution in [2.45, 2.75) is 11.3 Å². The second-order valence-electron chi connectivity index (χ2n) is 1.96. The van der Waals surface area contributed by atoms with E-state index in [4.69, 9.17) is 0 Å². The Hall–Kier alpha value is -1.02. The monoisotopic (exact) mass is 211 g/mol. The normalized spacial score (nSPS) is 14.2. The topological polar surface area (TPSA) is 65.9 Å². The Kier molecular flexibility index (Phi) is 2.62. The molecule has 1 aromatic rings. The summed E-state index contributed by atoms with van der Waals surface area (Å²) in [6, 6.07) is 0.594. The summed E-state index contributed by atoms with van der Waals surface area (Å²) in [5.74, 6) is 0. The summed E-state index contributed by atoms with van der Waals surface area (Å²) in [7, 11) is 0. The molecule has 0 aliphatic carbocycles. The number of rotatable bonds is 1. The highest BCUT2D eigenvalue weighted by atomic mass is 32.2. The molecule has 0 N–H and O–H groups in total. The first-order chi connectivity index (χ1) is 5.91. The Labute approximate surface area is 73.1 Å². The van der Waals surface area contributed by atoms with Gasteiger partial charge >= 0.3 is 6.18 Å². The van der Waals surface area contributed by atoms with E-state index in [0.29, 0.717) is 6.07 Å². The highest BCUT2D eigenvalue weighted by molar-refractivity contribution is 7.78. The molecule has 4 nitrogen and oxygen atoms in total. The predicted molar refractivity (Wildman–Crippen MR) is 34.2 cm³/mol. The molecule has 0 aliphatic heterocycles. The fourth-order valence-corrected chi connectivity index (χ4v) is 0.899. The maximum atomic E-state index is 11.9. The minimum atomic E-state index is -4.66. The molecular formula is C5H2F3N2O2S-. The highest BCUT2D eigenvalue weighted by Gasteiger charge is 2.32. The molecule has 0 bridgehead atoms. The molecule has 0 aromatic carbocycles. The zero-order valence-corrected chi connectivity index (χ0v) is 6.72. The van der Waals surface area contributed by atoms with Crippen LogP contribution in [0.4, 0.5) is 13.2 Å². The number of nitrogens with zero attached hydrogens (tertiary/aromatic N) is 2. The second-order valence-corrected chi connectivity index (χ2v) is 2.79. The number of alkyl halides is 3. The fraction of sp³-hybridized carbons (Fsp3) is 0.200. The Morgan fingerprint density at radius 3 is 2.54 bits per heavy atom. The van der Waals surface area contributed by atoms with Gasteiger partial charge in [0.05, 0.1) is 0 Å². The standard InChI is InChI=1S/C5H3F3N2O2S/c6-5(7,8)3-1-2-9-4(10-3)13(11)12/h1-2H,(H,11,12)/p-1. The zero-order chi connectivity index (χ0) is 10.1. The van der Waals surface area contributed by atoms with Gasteiger partial charge in [0.25, 0.3) is 0 Å². The van der Waals surface area contributed by atoms with E-state index >= 15 is 0 Å². The highest BCUT2D eigenvalue weighted by Crippen LogP contribution is 2.27. The number of halogens is 3. The quantitative estimate of drug-likeness (QED) is 0.507. The van der Waals surface area contributed by atoms with Crippen LogP contribution in [-0.2, 0) is 17.3 Å². The van der Waals surface area contributed by atoms with Crippen molar-refractivity contribution in [3.63, 3.8) is 0 Å². The van der Waals surface area contributed by atoms with Gasteiger partial charge in [0, 0.05) is 17.3 Å². The van der Waals surface area contributed by atoms with Gasteiger partial charge in [-0.1, -0.05) is 0 Å². The summed E-state index contributed by atoms with van der Waals surface area (Å²) in [6.07, 6.45) is -3.92. The van der Waals surface area contributed by atoms with Crippen LogP contribution in [0, 0.1) is 0 Å². The van der Waals surface area contributed by atoms with Gasteiger partial charge in [-0.05, 0) is 6.07 Å². The van der Waals surface area contributed by atoms with Crippen LogP contribution in [0.5, 0.6) is 0 Å². The lowest BCUT2D eigenvalue weighted by Crippen LogP contribution is -2.10. The van der Waals surface area contributed by atoms with Crippen LogP contribution < -0.4 is 0 Å². The lowest BCUT2D eigenvalue weighted by atomic mass is 10.4. The molecule has 13 heavy (non-hydrogen) atoms. The van der Waals surface area contributed by atoms with Gasteiger partial charge in [-0.2, -0.15) is 13.2 Å². The van der Waals surface area contributed by atoms with Crippen molar-refractivity contribution in [2.24, 2.45) is 0 Å². The molecule has 0 aliphatic rings. The Morgan fingerprint density at radius 1 is 1.46 bits per heavy atom. The molecule has 0 saturated carbocycles. The SMILES string of the molecule is O=S([O-])c1nccc(C(F)(F)F)n1. The van der Waals surface area contributed by atoms with E-state index in [2.05, 4.69) is 9.97 Å². The van der Waals surface area contributed by atoms with E-state index < -0.39 is 28.1 Å². The molecule has 0 amide bonds. The molecule has 0 fully saturated rings. The van der Waals surface area contributed by atoms with Crippen LogP contribution >= 0.6 is 0 Å². The van der Waals surface area contributed by atoms with Crippen molar-refractivity contribution in [1.82, 2.24) is 9.97 Å². The molecule has 1 rings (SSSR count). The number of hydrogen-bond acceptors (Lipinski definition) is 4. The average molecular weight is 211 g/mol. The molecule has 72 valence electrons. The van der Waals surface area contributed by atoms with Crippen molar-refractivity contribution in [3.8, 4) is 0 Å². The van der Waals surface area contributed by atoms with Gasteiger partial charge in [-0.25, -0.2) is 9.97 Å². The van der Waals surface area contributed by atoms with Crippen LogP contribution in [-0.4, -0.2) is 18.7 Å². The van der Waals surface area contributed by atoms with E-state index in [-0.39, 0.29) is 0 Å². The van der Waals surface area contributed by atoms with E-state index in [1.165, 1.54) is 0 Å². The van der Waals surface area contributed by atoms with Crippen LogP contribution in [0.3, 0.4) is 0 Å². The first-order valence-electron chi connectivity index (χ1n) is 2.91. The summed E-state index contributed by atoms with van der Waals surface area (Å²) < 4.78 is 56.2. The molecule has 0 radical (unpaired) electrons. The van der Waals surface area contributed by atoms with Crippen LogP contribution in [0.1, 0.15) is 5.69 Å². The molecule has 0 spiro atoms. The first kappa shape index (κ1) is 10.1. The van der Waals surface area contributed by atoms with E-state index in [0.717, 1.165) is 6.20 Å². The van der Waals surface area contributed by atoms with Crippen molar-refractivity contribution in [3.05, 3.63) is 18.0 Å². The van der Waals surface area contributed by atoms with Gasteiger partial charge in [0.15, 0.2) is 0 Å². The van der Waals surface area contributed by atoms with E-state index in [1.807, 2.05) is 0 Å². The van der Waals surface area contributed by atoms with Crippen molar-refractivity contribution in [2.75, 3.05) is 0 Å². The van der Waals surface area contributed by atoms with Gasteiger partial charge in [-0.3, -0.25) is 4.21 Å². The molecule has 1 atom stereocenters. The van der Waals surface area contributed by atoms with Gasteiger partial charge in [0.1, 0.15) is 5.69 Å². The largest absolute Gasteiger partial charge is 0.766 e. The van der Waals surface area contributed by atoms with Gasteiger partial charge in [-0.15, -0.1) is 0 Å². The van der Waals surface area contributed by atoms with Crippen molar-refractivity contribution in [1.29, 1.82) is 0 Å². The predicted octanol–water partition coefficient (Wildman–Crippen LogP) is 0.733. The molecule has 8 heteroatoms. The Bertz CT molecular complexity index is 341. The van der Waals surface area contributed by atoms with Crippen LogP contribution in [0.2, 0.25) is 0 Å². The minimum Gasteiger partial charge on any atom is -0.766 e. The summed E-state index contributed by atoms with van der Waals surface area (Å²) in [5, 5.41) is -0.866. The maximum Gasteiger partial charge on any atom is 0.433 e. The molecule has 1 heterocycles. The molecule has 1 unspecified atom stereocenters. The maximum absolute atomic E-state index is 11.9. The molecular weight excluding hydrogens is 209 g/mol.